The van der Waals surface area contributed by atoms with Crippen molar-refractivity contribution >= 4 is 28.2 Å². The standard InChI is InChI=1S/C17H23N5OS/c1-18-9-5-13-6-10-22(11-7-13)16(23)14-12-24-17(20-14)21-15-4-2-3-8-19-15/h2-4,8,12-13,18H,5-7,9-11H2,1H3,(H,19,20,21). The Bertz CT molecular complexity index is 652. The van der Waals surface area contributed by atoms with Crippen LogP contribution >= 0.6 is 11.3 Å². The number of likely N-dealkylation sites (tertiary alicyclic amines) is 1. The highest BCUT2D eigenvalue weighted by molar-refractivity contribution is 7.14. The number of amides is 1. The molecule has 2 aromatic rings. The topological polar surface area (TPSA) is 70.2 Å². The highest BCUT2D eigenvalue weighted by Crippen LogP contribution is 2.24. The maximum absolute atomic E-state index is 12.6. The van der Waals surface area contributed by atoms with E-state index in [4.69, 9.17) is 0 Å². The molecule has 0 radical (unpaired) electrons. The summed E-state index contributed by atoms with van der Waals surface area (Å²) in [5, 5.41) is 8.84. The van der Waals surface area contributed by atoms with Crippen molar-refractivity contribution in [3.8, 4) is 0 Å². The summed E-state index contributed by atoms with van der Waals surface area (Å²) in [4.78, 5) is 23.1. The van der Waals surface area contributed by atoms with Crippen molar-refractivity contribution in [2.24, 2.45) is 5.92 Å². The molecular weight excluding hydrogens is 322 g/mol. The number of hydrogen-bond donors (Lipinski definition) is 2. The van der Waals surface area contributed by atoms with Gasteiger partial charge in [0.15, 0.2) is 5.13 Å². The van der Waals surface area contributed by atoms with Crippen LogP contribution in [0.2, 0.25) is 0 Å². The number of pyridine rings is 1. The molecular formula is C17H23N5OS. The summed E-state index contributed by atoms with van der Waals surface area (Å²) in [6.45, 7) is 2.70. The Morgan fingerprint density at radius 1 is 1.38 bits per heavy atom. The summed E-state index contributed by atoms with van der Waals surface area (Å²) in [5.74, 6) is 1.49. The average Bonchev–Trinajstić information content (AvgIpc) is 3.09. The molecule has 7 heteroatoms. The van der Waals surface area contributed by atoms with Gasteiger partial charge in [-0.1, -0.05) is 6.07 Å². The van der Waals surface area contributed by atoms with E-state index in [1.165, 1.54) is 17.8 Å². The van der Waals surface area contributed by atoms with Crippen LogP contribution in [0.1, 0.15) is 29.8 Å². The van der Waals surface area contributed by atoms with Gasteiger partial charge >= 0.3 is 0 Å². The molecule has 2 aromatic heterocycles. The van der Waals surface area contributed by atoms with Gasteiger partial charge in [-0.05, 0) is 50.9 Å². The zero-order valence-electron chi connectivity index (χ0n) is 13.9. The van der Waals surface area contributed by atoms with Crippen LogP contribution in [0.5, 0.6) is 0 Å². The zero-order valence-corrected chi connectivity index (χ0v) is 14.7. The molecule has 3 rings (SSSR count). The second-order valence-electron chi connectivity index (χ2n) is 6.01. The van der Waals surface area contributed by atoms with E-state index in [0.717, 1.165) is 44.2 Å². The first-order chi connectivity index (χ1) is 11.8. The molecule has 0 bridgehead atoms. The van der Waals surface area contributed by atoms with Crippen molar-refractivity contribution in [3.63, 3.8) is 0 Å². The maximum atomic E-state index is 12.6. The number of thiazole rings is 1. The zero-order chi connectivity index (χ0) is 16.8. The van der Waals surface area contributed by atoms with Crippen molar-refractivity contribution < 1.29 is 4.79 Å². The van der Waals surface area contributed by atoms with Gasteiger partial charge in [-0.3, -0.25) is 4.79 Å². The smallest absolute Gasteiger partial charge is 0.273 e. The third-order valence-electron chi connectivity index (χ3n) is 4.33. The van der Waals surface area contributed by atoms with E-state index < -0.39 is 0 Å². The van der Waals surface area contributed by atoms with Gasteiger partial charge in [0.05, 0.1) is 0 Å². The van der Waals surface area contributed by atoms with Crippen molar-refractivity contribution in [2.75, 3.05) is 32.0 Å². The molecule has 2 N–H and O–H groups in total. The fourth-order valence-electron chi connectivity index (χ4n) is 2.91. The van der Waals surface area contributed by atoms with Gasteiger partial charge in [0.1, 0.15) is 11.5 Å². The predicted octanol–water partition coefficient (Wildman–Crippen LogP) is 2.74. The van der Waals surface area contributed by atoms with Crippen molar-refractivity contribution in [3.05, 3.63) is 35.5 Å². The first kappa shape index (κ1) is 16.9. The number of carbonyl (C=O) groups excluding carboxylic acids is 1. The van der Waals surface area contributed by atoms with E-state index in [2.05, 4.69) is 20.6 Å². The first-order valence-electron chi connectivity index (χ1n) is 8.33. The minimum Gasteiger partial charge on any atom is -0.337 e. The lowest BCUT2D eigenvalue weighted by Gasteiger charge is -2.31. The Hall–Kier alpha value is -1.99. The van der Waals surface area contributed by atoms with Crippen molar-refractivity contribution in [2.45, 2.75) is 19.3 Å². The molecule has 3 heterocycles. The first-order valence-corrected chi connectivity index (χ1v) is 9.21. The molecule has 1 amide bonds. The Labute approximate surface area is 146 Å². The molecule has 0 spiro atoms. The third-order valence-corrected chi connectivity index (χ3v) is 5.09. The van der Waals surface area contributed by atoms with Crippen LogP contribution in [0.4, 0.5) is 10.9 Å². The highest BCUT2D eigenvalue weighted by atomic mass is 32.1. The molecule has 128 valence electrons. The number of anilines is 2. The Kier molecular flexibility index (Phi) is 5.77. The van der Waals surface area contributed by atoms with Crippen molar-refractivity contribution in [1.82, 2.24) is 20.2 Å². The summed E-state index contributed by atoms with van der Waals surface area (Å²) in [6.07, 6.45) is 5.07. The van der Waals surface area contributed by atoms with Crippen LogP contribution in [0, 0.1) is 5.92 Å². The molecule has 1 saturated heterocycles. The van der Waals surface area contributed by atoms with E-state index in [1.807, 2.05) is 35.5 Å². The molecule has 6 nitrogen and oxygen atoms in total. The minimum atomic E-state index is 0.0346. The van der Waals surface area contributed by atoms with Crippen LogP contribution < -0.4 is 10.6 Å². The SMILES string of the molecule is CNCCC1CCN(C(=O)c2csc(Nc3ccccn3)n2)CC1. The monoisotopic (exact) mass is 345 g/mol. The van der Waals surface area contributed by atoms with E-state index in [1.54, 1.807) is 6.20 Å². The van der Waals surface area contributed by atoms with Crippen LogP contribution in [-0.2, 0) is 0 Å². The number of hydrogen-bond acceptors (Lipinski definition) is 6. The van der Waals surface area contributed by atoms with Gasteiger partial charge in [0, 0.05) is 24.7 Å². The highest BCUT2D eigenvalue weighted by Gasteiger charge is 2.24. The number of carbonyl (C=O) groups is 1. The molecule has 0 atom stereocenters. The van der Waals surface area contributed by atoms with E-state index in [0.29, 0.717) is 10.8 Å². The largest absolute Gasteiger partial charge is 0.337 e. The number of rotatable bonds is 6. The van der Waals surface area contributed by atoms with Gasteiger partial charge in [-0.25, -0.2) is 9.97 Å². The Morgan fingerprint density at radius 3 is 2.92 bits per heavy atom. The maximum Gasteiger partial charge on any atom is 0.273 e. The van der Waals surface area contributed by atoms with Gasteiger partial charge in [0.25, 0.3) is 5.91 Å². The number of nitrogens with zero attached hydrogens (tertiary/aromatic N) is 3. The number of piperidine rings is 1. The molecule has 0 aromatic carbocycles. The summed E-state index contributed by atoms with van der Waals surface area (Å²) >= 11 is 1.43. The lowest BCUT2D eigenvalue weighted by molar-refractivity contribution is 0.0682. The third kappa shape index (κ3) is 4.30. The van der Waals surface area contributed by atoms with Crippen LogP contribution in [0.3, 0.4) is 0 Å². The van der Waals surface area contributed by atoms with Crippen LogP contribution in [-0.4, -0.2) is 47.5 Å². The van der Waals surface area contributed by atoms with Gasteiger partial charge in [0.2, 0.25) is 0 Å². The minimum absolute atomic E-state index is 0.0346. The Morgan fingerprint density at radius 2 is 2.21 bits per heavy atom. The second-order valence-corrected chi connectivity index (χ2v) is 6.86. The van der Waals surface area contributed by atoms with Crippen molar-refractivity contribution in [1.29, 1.82) is 0 Å². The van der Waals surface area contributed by atoms with E-state index in [9.17, 15) is 4.79 Å². The fraction of sp³-hybridized carbons (Fsp3) is 0.471. The molecule has 0 unspecified atom stereocenters. The number of nitrogens with one attached hydrogen (secondary N) is 2. The molecule has 1 aliphatic rings. The van der Waals surface area contributed by atoms with Gasteiger partial charge in [-0.2, -0.15) is 0 Å². The lowest BCUT2D eigenvalue weighted by Crippen LogP contribution is -2.39. The molecule has 1 fully saturated rings. The van der Waals surface area contributed by atoms with E-state index in [-0.39, 0.29) is 5.91 Å². The summed E-state index contributed by atoms with van der Waals surface area (Å²) in [6, 6.07) is 5.65. The van der Waals surface area contributed by atoms with Gasteiger partial charge in [-0.15, -0.1) is 11.3 Å². The molecule has 0 aliphatic carbocycles. The normalized spacial score (nSPS) is 15.5. The lowest BCUT2D eigenvalue weighted by atomic mass is 9.93. The number of aromatic nitrogens is 2. The summed E-state index contributed by atoms with van der Waals surface area (Å²) in [7, 11) is 1.98. The molecule has 24 heavy (non-hydrogen) atoms. The second kappa shape index (κ2) is 8.21. The Balaban J connectivity index is 1.54. The fourth-order valence-corrected chi connectivity index (χ4v) is 3.60. The molecule has 0 saturated carbocycles. The summed E-state index contributed by atoms with van der Waals surface area (Å²) in [5.41, 5.74) is 0.520. The van der Waals surface area contributed by atoms with Gasteiger partial charge < -0.3 is 15.5 Å². The average molecular weight is 345 g/mol. The quantitative estimate of drug-likeness (QED) is 0.842. The van der Waals surface area contributed by atoms with Crippen LogP contribution in [0.25, 0.3) is 0 Å². The van der Waals surface area contributed by atoms with Crippen LogP contribution in [0.15, 0.2) is 29.8 Å². The van der Waals surface area contributed by atoms with E-state index >= 15 is 0 Å². The molecule has 1 aliphatic heterocycles. The predicted molar refractivity (Wildman–Crippen MR) is 96.8 cm³/mol. The summed E-state index contributed by atoms with van der Waals surface area (Å²) < 4.78 is 0.